The quantitative estimate of drug-likeness (QED) is 0.792. The molecule has 3 N–H and O–H groups in total. The van der Waals surface area contributed by atoms with Crippen molar-refractivity contribution in [3.63, 3.8) is 0 Å². The SMILES string of the molecule is CC(C)C(=O)Nc1cccc(NC2CC(O)C2(C)C)c1. The number of carbonyl (C=O) groups excluding carboxylic acids is 1. The van der Waals surface area contributed by atoms with E-state index in [0.717, 1.165) is 17.8 Å². The third kappa shape index (κ3) is 2.96. The van der Waals surface area contributed by atoms with Crippen molar-refractivity contribution in [2.24, 2.45) is 11.3 Å². The van der Waals surface area contributed by atoms with Gasteiger partial charge in [0.05, 0.1) is 6.10 Å². The van der Waals surface area contributed by atoms with Gasteiger partial charge >= 0.3 is 0 Å². The first kappa shape index (κ1) is 14.9. The van der Waals surface area contributed by atoms with Gasteiger partial charge in [0.1, 0.15) is 0 Å². The lowest BCUT2D eigenvalue weighted by molar-refractivity contribution is -0.118. The van der Waals surface area contributed by atoms with Gasteiger partial charge in [-0.1, -0.05) is 33.8 Å². The number of aliphatic hydroxyl groups is 1. The molecule has 0 aliphatic heterocycles. The topological polar surface area (TPSA) is 61.4 Å². The standard InChI is InChI=1S/C16H24N2O2/c1-10(2)15(20)18-12-7-5-6-11(8-12)17-13-9-14(19)16(13,3)4/h5-8,10,13-14,17,19H,9H2,1-4H3,(H,18,20). The van der Waals surface area contributed by atoms with E-state index in [9.17, 15) is 9.90 Å². The molecule has 0 aromatic heterocycles. The Morgan fingerprint density at radius 3 is 2.55 bits per heavy atom. The fourth-order valence-corrected chi connectivity index (χ4v) is 2.32. The van der Waals surface area contributed by atoms with E-state index in [2.05, 4.69) is 24.5 Å². The van der Waals surface area contributed by atoms with E-state index in [-0.39, 0.29) is 29.4 Å². The zero-order chi connectivity index (χ0) is 14.9. The molecular weight excluding hydrogens is 252 g/mol. The van der Waals surface area contributed by atoms with Gasteiger partial charge < -0.3 is 15.7 Å². The second-order valence-corrected chi connectivity index (χ2v) is 6.49. The van der Waals surface area contributed by atoms with Crippen LogP contribution in [0.2, 0.25) is 0 Å². The first-order valence-corrected chi connectivity index (χ1v) is 7.16. The summed E-state index contributed by atoms with van der Waals surface area (Å²) in [5, 5.41) is 16.1. The van der Waals surface area contributed by atoms with Crippen LogP contribution in [0, 0.1) is 11.3 Å². The van der Waals surface area contributed by atoms with Crippen LogP contribution in [-0.4, -0.2) is 23.2 Å². The van der Waals surface area contributed by atoms with Crippen LogP contribution in [0.15, 0.2) is 24.3 Å². The lowest BCUT2D eigenvalue weighted by Gasteiger charge is -2.49. The van der Waals surface area contributed by atoms with Gasteiger partial charge in [0.25, 0.3) is 0 Å². The lowest BCUT2D eigenvalue weighted by atomic mass is 9.64. The smallest absolute Gasteiger partial charge is 0.226 e. The van der Waals surface area contributed by atoms with Crippen molar-refractivity contribution >= 4 is 17.3 Å². The molecule has 110 valence electrons. The van der Waals surface area contributed by atoms with Crippen LogP contribution in [0.25, 0.3) is 0 Å². The van der Waals surface area contributed by atoms with E-state index in [1.807, 2.05) is 38.1 Å². The lowest BCUT2D eigenvalue weighted by Crippen LogP contribution is -2.56. The molecule has 1 fully saturated rings. The number of benzene rings is 1. The number of rotatable bonds is 4. The summed E-state index contributed by atoms with van der Waals surface area (Å²) in [6.45, 7) is 7.86. The summed E-state index contributed by atoms with van der Waals surface area (Å²) in [5.41, 5.74) is 1.65. The maximum atomic E-state index is 11.7. The number of nitrogens with one attached hydrogen (secondary N) is 2. The molecule has 2 unspecified atom stereocenters. The van der Waals surface area contributed by atoms with E-state index in [1.54, 1.807) is 0 Å². The van der Waals surface area contributed by atoms with E-state index < -0.39 is 0 Å². The molecule has 4 heteroatoms. The van der Waals surface area contributed by atoms with Gasteiger partial charge in [0.15, 0.2) is 0 Å². The number of amides is 1. The van der Waals surface area contributed by atoms with Gasteiger partial charge in [0.2, 0.25) is 5.91 Å². The molecule has 1 aliphatic rings. The highest BCUT2D eigenvalue weighted by atomic mass is 16.3. The minimum atomic E-state index is -0.246. The summed E-state index contributed by atoms with van der Waals surface area (Å²) in [4.78, 5) is 11.7. The molecule has 1 amide bonds. The molecule has 1 aliphatic carbocycles. The Morgan fingerprint density at radius 1 is 1.35 bits per heavy atom. The normalized spacial score (nSPS) is 24.1. The third-order valence-electron chi connectivity index (χ3n) is 4.21. The van der Waals surface area contributed by atoms with Crippen LogP contribution >= 0.6 is 0 Å². The van der Waals surface area contributed by atoms with E-state index in [1.165, 1.54) is 0 Å². The number of hydrogen-bond donors (Lipinski definition) is 3. The number of anilines is 2. The van der Waals surface area contributed by atoms with Gasteiger partial charge in [0, 0.05) is 28.7 Å². The Balaban J connectivity index is 2.02. The summed E-state index contributed by atoms with van der Waals surface area (Å²) in [5.74, 6) is -0.0196. The maximum Gasteiger partial charge on any atom is 0.226 e. The minimum Gasteiger partial charge on any atom is -0.392 e. The van der Waals surface area contributed by atoms with Crippen LogP contribution < -0.4 is 10.6 Å². The highest BCUT2D eigenvalue weighted by molar-refractivity contribution is 5.92. The van der Waals surface area contributed by atoms with Crippen molar-refractivity contribution in [1.29, 1.82) is 0 Å². The van der Waals surface area contributed by atoms with Gasteiger partial charge in [-0.25, -0.2) is 0 Å². The Kier molecular flexibility index (Phi) is 4.04. The molecule has 0 heterocycles. The van der Waals surface area contributed by atoms with Crippen molar-refractivity contribution in [2.75, 3.05) is 10.6 Å². The van der Waals surface area contributed by atoms with Gasteiger partial charge in [-0.2, -0.15) is 0 Å². The fraction of sp³-hybridized carbons (Fsp3) is 0.562. The molecule has 0 radical (unpaired) electrons. The molecule has 20 heavy (non-hydrogen) atoms. The van der Waals surface area contributed by atoms with Crippen LogP contribution in [0.3, 0.4) is 0 Å². The van der Waals surface area contributed by atoms with Crippen LogP contribution in [-0.2, 0) is 4.79 Å². The Morgan fingerprint density at radius 2 is 2.00 bits per heavy atom. The monoisotopic (exact) mass is 276 g/mol. The molecule has 2 rings (SSSR count). The van der Waals surface area contributed by atoms with Crippen LogP contribution in [0.4, 0.5) is 11.4 Å². The third-order valence-corrected chi connectivity index (χ3v) is 4.21. The predicted octanol–water partition coefficient (Wildman–Crippen LogP) is 2.85. The second-order valence-electron chi connectivity index (χ2n) is 6.49. The highest BCUT2D eigenvalue weighted by Crippen LogP contribution is 2.42. The molecule has 1 aromatic carbocycles. The molecule has 0 spiro atoms. The van der Waals surface area contributed by atoms with Crippen molar-refractivity contribution in [2.45, 2.75) is 46.3 Å². The molecule has 0 bridgehead atoms. The second kappa shape index (κ2) is 5.44. The molecule has 1 aromatic rings. The van der Waals surface area contributed by atoms with Crippen molar-refractivity contribution in [1.82, 2.24) is 0 Å². The largest absolute Gasteiger partial charge is 0.392 e. The van der Waals surface area contributed by atoms with Gasteiger partial charge in [-0.05, 0) is 24.6 Å². The van der Waals surface area contributed by atoms with E-state index in [4.69, 9.17) is 0 Å². The van der Waals surface area contributed by atoms with Gasteiger partial charge in [-0.15, -0.1) is 0 Å². The number of carbonyl (C=O) groups is 1. The Labute approximate surface area is 120 Å². The molecule has 0 saturated heterocycles. The Bertz CT molecular complexity index is 497. The van der Waals surface area contributed by atoms with Crippen molar-refractivity contribution in [3.8, 4) is 0 Å². The highest BCUT2D eigenvalue weighted by Gasteiger charge is 2.47. The summed E-state index contributed by atoms with van der Waals surface area (Å²) >= 11 is 0. The first-order chi connectivity index (χ1) is 9.30. The number of hydrogen-bond acceptors (Lipinski definition) is 3. The average Bonchev–Trinajstić information content (AvgIpc) is 2.38. The summed E-state index contributed by atoms with van der Waals surface area (Å²) in [7, 11) is 0. The first-order valence-electron chi connectivity index (χ1n) is 7.16. The number of aliphatic hydroxyl groups excluding tert-OH is 1. The van der Waals surface area contributed by atoms with Crippen LogP contribution in [0.5, 0.6) is 0 Å². The maximum absolute atomic E-state index is 11.7. The average molecular weight is 276 g/mol. The molecule has 4 nitrogen and oxygen atoms in total. The van der Waals surface area contributed by atoms with Crippen LogP contribution in [0.1, 0.15) is 34.1 Å². The predicted molar refractivity (Wildman–Crippen MR) is 81.7 cm³/mol. The van der Waals surface area contributed by atoms with Gasteiger partial charge in [-0.3, -0.25) is 4.79 Å². The van der Waals surface area contributed by atoms with E-state index >= 15 is 0 Å². The van der Waals surface area contributed by atoms with E-state index in [0.29, 0.717) is 0 Å². The zero-order valence-corrected chi connectivity index (χ0v) is 12.6. The fourth-order valence-electron chi connectivity index (χ4n) is 2.32. The minimum absolute atomic E-state index is 0.0153. The summed E-state index contributed by atoms with van der Waals surface area (Å²) < 4.78 is 0. The molecule has 2 atom stereocenters. The summed E-state index contributed by atoms with van der Waals surface area (Å²) in [6, 6.07) is 7.97. The molecular formula is C16H24N2O2. The summed E-state index contributed by atoms with van der Waals surface area (Å²) in [6.07, 6.45) is 0.513. The van der Waals surface area contributed by atoms with Crippen molar-refractivity contribution in [3.05, 3.63) is 24.3 Å². The zero-order valence-electron chi connectivity index (χ0n) is 12.6. The molecule has 1 saturated carbocycles. The van der Waals surface area contributed by atoms with Crippen molar-refractivity contribution < 1.29 is 9.90 Å². The Hall–Kier alpha value is -1.55.